The smallest absolute Gasteiger partial charge is 0.320 e. The molecule has 26 heavy (non-hydrogen) atoms. The van der Waals surface area contributed by atoms with Gasteiger partial charge in [0.2, 0.25) is 5.91 Å². The van der Waals surface area contributed by atoms with E-state index in [-0.39, 0.29) is 12.5 Å². The number of nitrogens with zero attached hydrogens (tertiary/aromatic N) is 2. The van der Waals surface area contributed by atoms with Crippen LogP contribution >= 0.6 is 0 Å². The maximum atomic E-state index is 13.1. The summed E-state index contributed by atoms with van der Waals surface area (Å²) in [6.45, 7) is 1.24. The average molecular weight is 352 g/mol. The van der Waals surface area contributed by atoms with Crippen LogP contribution < -0.4 is 4.90 Å². The lowest BCUT2D eigenvalue weighted by Gasteiger charge is -2.34. The molecular weight excluding hydrogens is 328 g/mol. The van der Waals surface area contributed by atoms with Gasteiger partial charge in [-0.05, 0) is 37.1 Å². The molecule has 0 saturated carbocycles. The minimum Gasteiger partial charge on any atom is -0.480 e. The number of rotatable bonds is 6. The zero-order valence-corrected chi connectivity index (χ0v) is 14.8. The van der Waals surface area contributed by atoms with E-state index in [1.165, 1.54) is 0 Å². The summed E-state index contributed by atoms with van der Waals surface area (Å²) in [5, 5.41) is 9.45. The first kappa shape index (κ1) is 18.1. The lowest BCUT2D eigenvalue weighted by molar-refractivity contribution is -0.145. The summed E-state index contributed by atoms with van der Waals surface area (Å²) in [7, 11) is 0. The van der Waals surface area contributed by atoms with Gasteiger partial charge in [-0.3, -0.25) is 14.5 Å². The molecule has 2 aromatic rings. The van der Waals surface area contributed by atoms with Crippen molar-refractivity contribution in [3.63, 3.8) is 0 Å². The van der Waals surface area contributed by atoms with Crippen molar-refractivity contribution in [3.05, 3.63) is 66.2 Å². The highest BCUT2D eigenvalue weighted by Gasteiger charge is 2.31. The Balaban J connectivity index is 1.79. The summed E-state index contributed by atoms with van der Waals surface area (Å²) in [6, 6.07) is 18.8. The first-order valence-corrected chi connectivity index (χ1v) is 9.01. The second kappa shape index (κ2) is 8.63. The molecule has 0 spiro atoms. The van der Waals surface area contributed by atoms with E-state index in [4.69, 9.17) is 0 Å². The molecule has 1 aliphatic heterocycles. The maximum Gasteiger partial charge on any atom is 0.320 e. The van der Waals surface area contributed by atoms with Gasteiger partial charge >= 0.3 is 5.97 Å². The number of piperidine rings is 1. The third kappa shape index (κ3) is 4.49. The van der Waals surface area contributed by atoms with Crippen LogP contribution in [0.3, 0.4) is 0 Å². The standard InChI is InChI=1S/C21H24N2O3/c24-20(16-22-14-8-7-13-19(22)21(25)26)23(18-11-5-2-6-12-18)15-17-9-3-1-4-10-17/h1-6,9-12,19H,7-8,13-16H2,(H,25,26). The van der Waals surface area contributed by atoms with Gasteiger partial charge in [0.05, 0.1) is 13.1 Å². The van der Waals surface area contributed by atoms with Gasteiger partial charge < -0.3 is 10.0 Å². The van der Waals surface area contributed by atoms with Crippen LogP contribution in [0, 0.1) is 0 Å². The number of benzene rings is 2. The first-order valence-electron chi connectivity index (χ1n) is 9.01. The molecule has 2 aromatic carbocycles. The van der Waals surface area contributed by atoms with E-state index in [2.05, 4.69) is 0 Å². The van der Waals surface area contributed by atoms with E-state index in [1.54, 1.807) is 9.80 Å². The summed E-state index contributed by atoms with van der Waals surface area (Å²) in [5.41, 5.74) is 1.86. The van der Waals surface area contributed by atoms with Crippen molar-refractivity contribution in [3.8, 4) is 0 Å². The number of para-hydroxylation sites is 1. The SMILES string of the molecule is O=C(O)C1CCCCN1CC(=O)N(Cc1ccccc1)c1ccccc1. The molecule has 1 fully saturated rings. The molecule has 1 saturated heterocycles. The third-order valence-corrected chi connectivity index (χ3v) is 4.79. The second-order valence-corrected chi connectivity index (χ2v) is 6.62. The molecule has 5 heteroatoms. The molecule has 1 aliphatic rings. The summed E-state index contributed by atoms with van der Waals surface area (Å²) in [4.78, 5) is 28.1. The van der Waals surface area contributed by atoms with Crippen LogP contribution in [0.15, 0.2) is 60.7 Å². The number of likely N-dealkylation sites (tertiary alicyclic amines) is 1. The van der Waals surface area contributed by atoms with Crippen molar-refractivity contribution in [2.45, 2.75) is 31.8 Å². The van der Waals surface area contributed by atoms with Crippen LogP contribution in [0.5, 0.6) is 0 Å². The van der Waals surface area contributed by atoms with Crippen LogP contribution in [0.25, 0.3) is 0 Å². The highest BCUT2D eigenvalue weighted by Crippen LogP contribution is 2.21. The molecular formula is C21H24N2O3. The molecule has 0 bridgehead atoms. The number of carboxylic acid groups (broad SMARTS) is 1. The molecule has 136 valence electrons. The van der Waals surface area contributed by atoms with E-state index < -0.39 is 12.0 Å². The van der Waals surface area contributed by atoms with Crippen molar-refractivity contribution in [1.82, 2.24) is 4.90 Å². The summed E-state index contributed by atoms with van der Waals surface area (Å²) in [6.07, 6.45) is 2.43. The molecule has 1 unspecified atom stereocenters. The Morgan fingerprint density at radius 1 is 1.00 bits per heavy atom. The Morgan fingerprint density at radius 2 is 1.65 bits per heavy atom. The van der Waals surface area contributed by atoms with Gasteiger partial charge in [0.25, 0.3) is 0 Å². The molecule has 0 radical (unpaired) electrons. The molecule has 0 aliphatic carbocycles. The van der Waals surface area contributed by atoms with Crippen molar-refractivity contribution in [1.29, 1.82) is 0 Å². The van der Waals surface area contributed by atoms with Crippen molar-refractivity contribution >= 4 is 17.6 Å². The summed E-state index contributed by atoms with van der Waals surface area (Å²) in [5.74, 6) is -0.917. The summed E-state index contributed by atoms with van der Waals surface area (Å²) >= 11 is 0. The number of hydrogen-bond donors (Lipinski definition) is 1. The van der Waals surface area contributed by atoms with E-state index in [9.17, 15) is 14.7 Å². The predicted octanol–water partition coefficient (Wildman–Crippen LogP) is 3.16. The van der Waals surface area contributed by atoms with Crippen LogP contribution in [0.2, 0.25) is 0 Å². The van der Waals surface area contributed by atoms with E-state index in [1.807, 2.05) is 60.7 Å². The minimum absolute atomic E-state index is 0.0757. The number of carbonyl (C=O) groups is 2. The number of carbonyl (C=O) groups excluding carboxylic acids is 1. The van der Waals surface area contributed by atoms with Gasteiger partial charge in [-0.2, -0.15) is 0 Å². The first-order chi connectivity index (χ1) is 12.6. The number of amides is 1. The fraction of sp³-hybridized carbons (Fsp3) is 0.333. The molecule has 0 aromatic heterocycles. The number of aliphatic carboxylic acids is 1. The van der Waals surface area contributed by atoms with Crippen LogP contribution in [0.1, 0.15) is 24.8 Å². The van der Waals surface area contributed by atoms with Gasteiger partial charge in [0, 0.05) is 5.69 Å². The Labute approximate surface area is 153 Å². The van der Waals surface area contributed by atoms with Gasteiger partial charge in [-0.25, -0.2) is 0 Å². The van der Waals surface area contributed by atoms with Gasteiger partial charge in [0.1, 0.15) is 6.04 Å². The van der Waals surface area contributed by atoms with Gasteiger partial charge in [-0.15, -0.1) is 0 Å². The average Bonchev–Trinajstić information content (AvgIpc) is 2.68. The number of carboxylic acids is 1. The fourth-order valence-corrected chi connectivity index (χ4v) is 3.42. The lowest BCUT2D eigenvalue weighted by atomic mass is 10.0. The van der Waals surface area contributed by atoms with Crippen LogP contribution in [0.4, 0.5) is 5.69 Å². The largest absolute Gasteiger partial charge is 0.480 e. The Kier molecular flexibility index (Phi) is 6.02. The second-order valence-electron chi connectivity index (χ2n) is 6.62. The van der Waals surface area contributed by atoms with E-state index >= 15 is 0 Å². The zero-order chi connectivity index (χ0) is 18.4. The van der Waals surface area contributed by atoms with Crippen molar-refractivity contribution in [2.24, 2.45) is 0 Å². The number of anilines is 1. The van der Waals surface area contributed by atoms with E-state index in [0.29, 0.717) is 19.5 Å². The van der Waals surface area contributed by atoms with Gasteiger partial charge in [-0.1, -0.05) is 55.0 Å². The van der Waals surface area contributed by atoms with Gasteiger partial charge in [0.15, 0.2) is 0 Å². The highest BCUT2D eigenvalue weighted by atomic mass is 16.4. The maximum absolute atomic E-state index is 13.1. The number of hydrogen-bond acceptors (Lipinski definition) is 3. The van der Waals surface area contributed by atoms with Crippen molar-refractivity contribution in [2.75, 3.05) is 18.0 Å². The molecule has 1 atom stereocenters. The molecule has 5 nitrogen and oxygen atoms in total. The predicted molar refractivity (Wildman–Crippen MR) is 101 cm³/mol. The molecule has 1 amide bonds. The molecule has 1 heterocycles. The molecule has 1 N–H and O–H groups in total. The van der Waals surface area contributed by atoms with Crippen LogP contribution in [-0.2, 0) is 16.1 Å². The fourth-order valence-electron chi connectivity index (χ4n) is 3.42. The Bertz CT molecular complexity index is 733. The Morgan fingerprint density at radius 3 is 2.31 bits per heavy atom. The topological polar surface area (TPSA) is 60.9 Å². The monoisotopic (exact) mass is 352 g/mol. The summed E-state index contributed by atoms with van der Waals surface area (Å²) < 4.78 is 0. The van der Waals surface area contributed by atoms with E-state index in [0.717, 1.165) is 24.1 Å². The normalized spacial score (nSPS) is 17.6. The van der Waals surface area contributed by atoms with Crippen molar-refractivity contribution < 1.29 is 14.7 Å². The lowest BCUT2D eigenvalue weighted by Crippen LogP contribution is -2.49. The quantitative estimate of drug-likeness (QED) is 0.867. The minimum atomic E-state index is -0.841. The molecule has 3 rings (SSSR count). The third-order valence-electron chi connectivity index (χ3n) is 4.79. The Hall–Kier alpha value is -2.66. The highest BCUT2D eigenvalue weighted by molar-refractivity contribution is 5.95. The van der Waals surface area contributed by atoms with Crippen LogP contribution in [-0.4, -0.2) is 41.0 Å². The zero-order valence-electron chi connectivity index (χ0n) is 14.8.